The zero-order chi connectivity index (χ0) is 7.28. The highest BCUT2D eigenvalue weighted by molar-refractivity contribution is 7.53. The number of hydrogen-bond donors (Lipinski definition) is 1. The second-order valence-corrected chi connectivity index (χ2v) is 4.71. The minimum atomic E-state index is -0.243. The lowest BCUT2D eigenvalue weighted by molar-refractivity contribution is 0.454. The third kappa shape index (κ3) is 3.14. The number of rotatable bonds is 4. The predicted molar refractivity (Wildman–Crippen MR) is 43.0 cm³/mol. The molecule has 56 valence electrons. The summed E-state index contributed by atoms with van der Waals surface area (Å²) in [6.07, 6.45) is 1.12. The van der Waals surface area contributed by atoms with Gasteiger partial charge in [-0.05, 0) is 6.16 Å². The lowest BCUT2D eigenvalue weighted by Crippen LogP contribution is -2.15. The summed E-state index contributed by atoms with van der Waals surface area (Å²) >= 11 is 0. The van der Waals surface area contributed by atoms with Gasteiger partial charge in [0.15, 0.2) is 0 Å². The molecule has 0 rings (SSSR count). The SMILES string of the molecule is CCP(OC)C(C)CN. The molecular formula is C6H16NOP. The molecule has 0 spiro atoms. The molecule has 0 aromatic heterocycles. The molecule has 2 atom stereocenters. The highest BCUT2D eigenvalue weighted by Crippen LogP contribution is 2.39. The Bertz CT molecular complexity index is 66.1. The molecule has 9 heavy (non-hydrogen) atoms. The van der Waals surface area contributed by atoms with Crippen molar-refractivity contribution in [2.75, 3.05) is 19.8 Å². The van der Waals surface area contributed by atoms with E-state index in [1.807, 2.05) is 0 Å². The van der Waals surface area contributed by atoms with Gasteiger partial charge in [0.1, 0.15) is 0 Å². The van der Waals surface area contributed by atoms with E-state index in [4.69, 9.17) is 10.3 Å². The van der Waals surface area contributed by atoms with Crippen molar-refractivity contribution in [3.63, 3.8) is 0 Å². The van der Waals surface area contributed by atoms with Gasteiger partial charge in [-0.1, -0.05) is 13.8 Å². The summed E-state index contributed by atoms with van der Waals surface area (Å²) in [5.74, 6) is 0. The summed E-state index contributed by atoms with van der Waals surface area (Å²) in [5, 5.41) is 0. The van der Waals surface area contributed by atoms with Crippen LogP contribution < -0.4 is 5.73 Å². The fourth-order valence-electron chi connectivity index (χ4n) is 0.738. The predicted octanol–water partition coefficient (Wildman–Crippen LogP) is 1.40. The monoisotopic (exact) mass is 149 g/mol. The average Bonchev–Trinajstić information content (AvgIpc) is 1.90. The minimum absolute atomic E-state index is 0.243. The fraction of sp³-hybridized carbons (Fsp3) is 1.00. The third-order valence-electron chi connectivity index (χ3n) is 1.38. The van der Waals surface area contributed by atoms with E-state index < -0.39 is 0 Å². The zero-order valence-electron chi connectivity index (χ0n) is 6.42. The molecule has 0 aliphatic heterocycles. The van der Waals surface area contributed by atoms with Crippen molar-refractivity contribution in [2.24, 2.45) is 5.73 Å². The van der Waals surface area contributed by atoms with Gasteiger partial charge in [-0.2, -0.15) is 0 Å². The summed E-state index contributed by atoms with van der Waals surface area (Å²) in [7, 11) is 1.52. The Hall–Kier alpha value is 0.350. The normalized spacial score (nSPS) is 17.3. The van der Waals surface area contributed by atoms with Crippen molar-refractivity contribution in [3.05, 3.63) is 0 Å². The summed E-state index contributed by atoms with van der Waals surface area (Å²) in [5.41, 5.74) is 6.01. The van der Waals surface area contributed by atoms with Crippen molar-refractivity contribution < 1.29 is 4.52 Å². The Kier molecular flexibility index (Phi) is 5.36. The molecular weight excluding hydrogens is 133 g/mol. The van der Waals surface area contributed by atoms with Crippen LogP contribution in [-0.2, 0) is 4.52 Å². The van der Waals surface area contributed by atoms with Crippen molar-refractivity contribution in [1.82, 2.24) is 0 Å². The van der Waals surface area contributed by atoms with E-state index in [1.54, 1.807) is 7.11 Å². The third-order valence-corrected chi connectivity index (χ3v) is 3.67. The molecule has 0 aromatic rings. The van der Waals surface area contributed by atoms with Gasteiger partial charge in [0.25, 0.3) is 0 Å². The van der Waals surface area contributed by atoms with Crippen LogP contribution in [0.5, 0.6) is 0 Å². The van der Waals surface area contributed by atoms with Crippen molar-refractivity contribution in [1.29, 1.82) is 0 Å². The van der Waals surface area contributed by atoms with E-state index in [-0.39, 0.29) is 8.15 Å². The second kappa shape index (κ2) is 5.16. The molecule has 2 N–H and O–H groups in total. The smallest absolute Gasteiger partial charge is 0.0398 e. The van der Waals surface area contributed by atoms with Crippen LogP contribution in [0.4, 0.5) is 0 Å². The average molecular weight is 149 g/mol. The van der Waals surface area contributed by atoms with Gasteiger partial charge in [0, 0.05) is 27.5 Å². The largest absolute Gasteiger partial charge is 0.362 e. The van der Waals surface area contributed by atoms with Gasteiger partial charge in [-0.3, -0.25) is 0 Å². The van der Waals surface area contributed by atoms with Crippen molar-refractivity contribution >= 4 is 8.15 Å². The summed E-state index contributed by atoms with van der Waals surface area (Å²) < 4.78 is 5.24. The van der Waals surface area contributed by atoms with Crippen LogP contribution in [0.1, 0.15) is 13.8 Å². The van der Waals surface area contributed by atoms with Crippen LogP contribution in [0.25, 0.3) is 0 Å². The quantitative estimate of drug-likeness (QED) is 0.613. The number of nitrogens with two attached hydrogens (primary N) is 1. The Balaban J connectivity index is 3.50. The van der Waals surface area contributed by atoms with Crippen LogP contribution in [0.3, 0.4) is 0 Å². The molecule has 0 aliphatic carbocycles. The molecule has 2 unspecified atom stereocenters. The van der Waals surface area contributed by atoms with Crippen LogP contribution in [0, 0.1) is 0 Å². The maximum absolute atomic E-state index is 5.46. The lowest BCUT2D eigenvalue weighted by atomic mass is 10.5. The summed E-state index contributed by atoms with van der Waals surface area (Å²) in [4.78, 5) is 0. The van der Waals surface area contributed by atoms with Crippen molar-refractivity contribution in [3.8, 4) is 0 Å². The van der Waals surface area contributed by atoms with Gasteiger partial charge < -0.3 is 10.3 Å². The molecule has 2 nitrogen and oxygen atoms in total. The topological polar surface area (TPSA) is 35.2 Å². The standard InChI is InChI=1S/C6H16NOP/c1-4-9(8-3)6(2)5-7/h6H,4-5,7H2,1-3H3. The molecule has 0 amide bonds. The van der Waals surface area contributed by atoms with E-state index in [2.05, 4.69) is 13.8 Å². The van der Waals surface area contributed by atoms with Crippen LogP contribution in [0.15, 0.2) is 0 Å². The molecule has 0 bridgehead atoms. The first-order valence-electron chi connectivity index (χ1n) is 3.27. The highest BCUT2D eigenvalue weighted by atomic mass is 31.1. The van der Waals surface area contributed by atoms with E-state index in [1.165, 1.54) is 0 Å². The maximum Gasteiger partial charge on any atom is 0.0398 e. The Morgan fingerprint density at radius 2 is 2.22 bits per heavy atom. The molecule has 0 aromatic carbocycles. The first-order chi connectivity index (χ1) is 4.26. The van der Waals surface area contributed by atoms with E-state index in [0.29, 0.717) is 5.66 Å². The molecule has 0 fully saturated rings. The Morgan fingerprint density at radius 3 is 2.33 bits per heavy atom. The Labute approximate surface area is 58.6 Å². The highest BCUT2D eigenvalue weighted by Gasteiger charge is 2.11. The molecule has 3 heteroatoms. The second-order valence-electron chi connectivity index (χ2n) is 2.00. The molecule has 0 heterocycles. The first-order valence-corrected chi connectivity index (χ1v) is 4.78. The van der Waals surface area contributed by atoms with Crippen LogP contribution in [0.2, 0.25) is 0 Å². The lowest BCUT2D eigenvalue weighted by Gasteiger charge is -2.18. The maximum atomic E-state index is 5.46. The van der Waals surface area contributed by atoms with Gasteiger partial charge in [0.2, 0.25) is 0 Å². The molecule has 0 saturated carbocycles. The molecule has 0 saturated heterocycles. The molecule has 0 aliphatic rings. The number of hydrogen-bond acceptors (Lipinski definition) is 2. The van der Waals surface area contributed by atoms with Gasteiger partial charge in [-0.25, -0.2) is 0 Å². The van der Waals surface area contributed by atoms with E-state index >= 15 is 0 Å². The van der Waals surface area contributed by atoms with Gasteiger partial charge in [-0.15, -0.1) is 0 Å². The summed E-state index contributed by atoms with van der Waals surface area (Å²) in [6, 6.07) is 0. The van der Waals surface area contributed by atoms with Crippen molar-refractivity contribution in [2.45, 2.75) is 19.5 Å². The minimum Gasteiger partial charge on any atom is -0.362 e. The fourth-order valence-corrected chi connectivity index (χ4v) is 2.21. The molecule has 0 radical (unpaired) electrons. The van der Waals surface area contributed by atoms with Gasteiger partial charge >= 0.3 is 0 Å². The van der Waals surface area contributed by atoms with Gasteiger partial charge in [0.05, 0.1) is 0 Å². The van der Waals surface area contributed by atoms with E-state index in [9.17, 15) is 0 Å². The van der Waals surface area contributed by atoms with Crippen LogP contribution in [-0.4, -0.2) is 25.5 Å². The van der Waals surface area contributed by atoms with E-state index in [0.717, 1.165) is 12.7 Å². The zero-order valence-corrected chi connectivity index (χ0v) is 7.32. The summed E-state index contributed by atoms with van der Waals surface area (Å²) in [6.45, 7) is 5.02. The Morgan fingerprint density at radius 1 is 1.67 bits per heavy atom. The first kappa shape index (κ1) is 9.35. The van der Waals surface area contributed by atoms with Crippen LogP contribution >= 0.6 is 8.15 Å².